The fraction of sp³-hybridized carbons (Fsp3) is 0.400. The van der Waals surface area contributed by atoms with Crippen LogP contribution in [0.15, 0.2) is 11.0 Å². The minimum Gasteiger partial charge on any atom is -0.258 e. The molecule has 0 atom stereocenters. The predicted molar refractivity (Wildman–Crippen MR) is 69.9 cm³/mol. The van der Waals surface area contributed by atoms with Crippen LogP contribution in [0.3, 0.4) is 0 Å². The van der Waals surface area contributed by atoms with Gasteiger partial charge in [-0.3, -0.25) is 20.2 Å². The third-order valence-electron chi connectivity index (χ3n) is 2.74. The largest absolute Gasteiger partial charge is 0.299 e. The van der Waals surface area contributed by atoms with Crippen molar-refractivity contribution in [2.24, 2.45) is 5.14 Å². The van der Waals surface area contributed by atoms with Crippen LogP contribution in [0.5, 0.6) is 0 Å². The molecule has 0 radical (unpaired) electrons. The minimum atomic E-state index is -4.35. The first-order chi connectivity index (χ1) is 9.11. The van der Waals surface area contributed by atoms with Crippen molar-refractivity contribution in [3.8, 4) is 0 Å². The molecule has 1 rings (SSSR count). The highest BCUT2D eigenvalue weighted by atomic mass is 32.2. The molecule has 20 heavy (non-hydrogen) atoms. The van der Waals surface area contributed by atoms with Crippen LogP contribution in [-0.4, -0.2) is 18.3 Å². The van der Waals surface area contributed by atoms with Gasteiger partial charge in [0.25, 0.3) is 11.4 Å². The number of primary sulfonamides is 1. The first-order valence-electron chi connectivity index (χ1n) is 5.59. The van der Waals surface area contributed by atoms with Crippen molar-refractivity contribution >= 4 is 21.4 Å². The molecule has 1 aromatic carbocycles. The Kier molecular flexibility index (Phi) is 4.40. The van der Waals surface area contributed by atoms with Crippen molar-refractivity contribution in [3.05, 3.63) is 37.4 Å². The van der Waals surface area contributed by atoms with Gasteiger partial charge in [-0.15, -0.1) is 0 Å². The van der Waals surface area contributed by atoms with Crippen LogP contribution >= 0.6 is 0 Å². The fourth-order valence-electron chi connectivity index (χ4n) is 1.99. The van der Waals surface area contributed by atoms with E-state index in [1.54, 1.807) is 6.92 Å². The van der Waals surface area contributed by atoms with Crippen molar-refractivity contribution < 1.29 is 18.3 Å². The zero-order chi connectivity index (χ0) is 15.7. The van der Waals surface area contributed by atoms with Crippen LogP contribution < -0.4 is 5.14 Å². The van der Waals surface area contributed by atoms with Crippen LogP contribution in [0.25, 0.3) is 0 Å². The van der Waals surface area contributed by atoms with Gasteiger partial charge in [0.05, 0.1) is 9.85 Å². The smallest absolute Gasteiger partial charge is 0.258 e. The van der Waals surface area contributed by atoms with Crippen molar-refractivity contribution in [1.82, 2.24) is 0 Å². The van der Waals surface area contributed by atoms with Crippen LogP contribution in [0.1, 0.15) is 24.5 Å². The highest BCUT2D eigenvalue weighted by Crippen LogP contribution is 2.37. The molecule has 0 saturated carbocycles. The fourth-order valence-corrected chi connectivity index (χ4v) is 2.79. The van der Waals surface area contributed by atoms with Gasteiger partial charge in [-0.25, -0.2) is 13.6 Å². The molecular formula is C10H13N3O6S. The molecule has 0 saturated heterocycles. The van der Waals surface area contributed by atoms with Gasteiger partial charge in [-0.05, 0) is 19.4 Å². The molecule has 0 aliphatic carbocycles. The third kappa shape index (κ3) is 2.91. The van der Waals surface area contributed by atoms with E-state index >= 15 is 0 Å². The Hall–Kier alpha value is -2.07. The van der Waals surface area contributed by atoms with E-state index in [9.17, 15) is 28.6 Å². The molecule has 110 valence electrons. The van der Waals surface area contributed by atoms with E-state index < -0.39 is 36.1 Å². The summed E-state index contributed by atoms with van der Waals surface area (Å²) in [4.78, 5) is 19.6. The van der Waals surface area contributed by atoms with Crippen LogP contribution in [0.2, 0.25) is 0 Å². The molecule has 2 N–H and O–H groups in total. The number of nitrogens with zero attached hydrogens (tertiary/aromatic N) is 2. The predicted octanol–water partition coefficient (Wildman–Crippen LogP) is 1.41. The van der Waals surface area contributed by atoms with Gasteiger partial charge >= 0.3 is 0 Å². The summed E-state index contributed by atoms with van der Waals surface area (Å²) < 4.78 is 22.9. The molecule has 0 bridgehead atoms. The summed E-state index contributed by atoms with van der Waals surface area (Å²) in [6.45, 7) is 2.89. The lowest BCUT2D eigenvalue weighted by molar-refractivity contribution is -0.397. The second-order valence-corrected chi connectivity index (χ2v) is 5.70. The van der Waals surface area contributed by atoms with Gasteiger partial charge in [0, 0.05) is 5.56 Å². The number of sulfonamides is 1. The normalized spacial score (nSPS) is 11.3. The first-order valence-corrected chi connectivity index (χ1v) is 7.13. The average Bonchev–Trinajstić information content (AvgIpc) is 2.26. The number of aryl methyl sites for hydroxylation is 1. The van der Waals surface area contributed by atoms with E-state index in [1.165, 1.54) is 0 Å². The molecule has 10 heteroatoms. The van der Waals surface area contributed by atoms with Gasteiger partial charge in [-0.1, -0.05) is 13.3 Å². The van der Waals surface area contributed by atoms with E-state index in [1.807, 2.05) is 0 Å². The second-order valence-electron chi connectivity index (χ2n) is 4.17. The Morgan fingerprint density at radius 2 is 1.70 bits per heavy atom. The molecule has 0 amide bonds. The lowest BCUT2D eigenvalue weighted by Gasteiger charge is -2.09. The lowest BCUT2D eigenvalue weighted by Crippen LogP contribution is -2.16. The van der Waals surface area contributed by atoms with E-state index in [-0.39, 0.29) is 17.5 Å². The Morgan fingerprint density at radius 3 is 2.05 bits per heavy atom. The lowest BCUT2D eigenvalue weighted by atomic mass is 10.0. The second kappa shape index (κ2) is 5.51. The molecule has 0 fully saturated rings. The summed E-state index contributed by atoms with van der Waals surface area (Å²) in [5.74, 6) is 0. The Bertz CT molecular complexity index is 683. The number of hydrogen-bond donors (Lipinski definition) is 1. The molecule has 0 aliphatic rings. The number of benzene rings is 1. The average molecular weight is 303 g/mol. The zero-order valence-electron chi connectivity index (χ0n) is 10.8. The third-order valence-corrected chi connectivity index (χ3v) is 3.67. The first kappa shape index (κ1) is 16.0. The Labute approximate surface area is 114 Å². The number of nitro benzene ring substituents is 2. The van der Waals surface area contributed by atoms with E-state index in [2.05, 4.69) is 0 Å². The van der Waals surface area contributed by atoms with E-state index in [0.29, 0.717) is 6.42 Å². The molecule has 9 nitrogen and oxygen atoms in total. The van der Waals surface area contributed by atoms with Gasteiger partial charge in [0.1, 0.15) is 5.56 Å². The maximum atomic E-state index is 11.5. The topological polar surface area (TPSA) is 146 Å². The summed E-state index contributed by atoms with van der Waals surface area (Å²) in [5.41, 5.74) is -1.48. The van der Waals surface area contributed by atoms with Crippen molar-refractivity contribution in [3.63, 3.8) is 0 Å². The summed E-state index contributed by atoms with van der Waals surface area (Å²) in [6, 6.07) is 0.919. The van der Waals surface area contributed by atoms with E-state index in [0.717, 1.165) is 13.0 Å². The molecule has 0 heterocycles. The number of nitrogens with two attached hydrogens (primary N) is 1. The molecule has 0 aliphatic heterocycles. The van der Waals surface area contributed by atoms with E-state index in [4.69, 9.17) is 5.14 Å². The monoisotopic (exact) mass is 303 g/mol. The Morgan fingerprint density at radius 1 is 1.20 bits per heavy atom. The van der Waals surface area contributed by atoms with Gasteiger partial charge in [0.15, 0.2) is 4.90 Å². The Balaban J connectivity index is 3.89. The van der Waals surface area contributed by atoms with Gasteiger partial charge in [0.2, 0.25) is 10.0 Å². The van der Waals surface area contributed by atoms with Crippen LogP contribution in [0, 0.1) is 27.2 Å². The molecular weight excluding hydrogens is 290 g/mol. The minimum absolute atomic E-state index is 0.115. The maximum Gasteiger partial charge on any atom is 0.299 e. The SMILES string of the molecule is CCCc1cc(S(N)(=O)=O)c([N+](=O)[O-])c(C)c1[N+](=O)[O-]. The molecule has 0 aromatic heterocycles. The summed E-state index contributed by atoms with van der Waals surface area (Å²) in [6.07, 6.45) is 0.736. The number of rotatable bonds is 5. The number of hydrogen-bond acceptors (Lipinski definition) is 6. The molecule has 1 aromatic rings. The quantitative estimate of drug-likeness (QED) is 0.642. The standard InChI is InChI=1S/C10H13N3O6S/c1-3-4-7-5-8(20(11,18)19)10(13(16)17)6(2)9(7)12(14)15/h5H,3-4H2,1-2H3,(H2,11,18,19). The highest BCUT2D eigenvalue weighted by Gasteiger charge is 2.33. The summed E-state index contributed by atoms with van der Waals surface area (Å²) >= 11 is 0. The van der Waals surface area contributed by atoms with Gasteiger partial charge < -0.3 is 0 Å². The van der Waals surface area contributed by atoms with Crippen molar-refractivity contribution in [1.29, 1.82) is 0 Å². The van der Waals surface area contributed by atoms with Crippen molar-refractivity contribution in [2.75, 3.05) is 0 Å². The highest BCUT2D eigenvalue weighted by molar-refractivity contribution is 7.89. The van der Waals surface area contributed by atoms with Crippen LogP contribution in [0.4, 0.5) is 11.4 Å². The van der Waals surface area contributed by atoms with Crippen LogP contribution in [-0.2, 0) is 16.4 Å². The summed E-state index contributed by atoms with van der Waals surface area (Å²) in [5, 5.41) is 27.0. The van der Waals surface area contributed by atoms with Crippen molar-refractivity contribution in [2.45, 2.75) is 31.6 Å². The maximum absolute atomic E-state index is 11.5. The zero-order valence-corrected chi connectivity index (χ0v) is 11.6. The number of nitro groups is 2. The summed E-state index contributed by atoms with van der Waals surface area (Å²) in [7, 11) is -4.35. The van der Waals surface area contributed by atoms with Gasteiger partial charge in [-0.2, -0.15) is 0 Å². The molecule has 0 unspecified atom stereocenters. The molecule has 0 spiro atoms.